The number of carbonyl (C=O) groups excluding carboxylic acids is 1. The number of pyridine rings is 1. The third-order valence-corrected chi connectivity index (χ3v) is 6.76. The van der Waals surface area contributed by atoms with Gasteiger partial charge >= 0.3 is 0 Å². The maximum absolute atomic E-state index is 12.2. The lowest BCUT2D eigenvalue weighted by Gasteiger charge is -2.09. The molecule has 4 aromatic heterocycles. The van der Waals surface area contributed by atoms with Gasteiger partial charge in [0.25, 0.3) is 0 Å². The minimum Gasteiger partial charge on any atom is -0.337 e. The number of nitrogens with zero attached hydrogens (tertiary/aromatic N) is 3. The average Bonchev–Trinajstić information content (AvgIpc) is 3.62. The highest BCUT2D eigenvalue weighted by molar-refractivity contribution is 7.08. The van der Waals surface area contributed by atoms with Gasteiger partial charge in [-0.05, 0) is 58.1 Å². The van der Waals surface area contributed by atoms with E-state index in [0.29, 0.717) is 23.9 Å². The lowest BCUT2D eigenvalue weighted by molar-refractivity contribution is -0.116. The standard InChI is InChI=1S/C28H24N6OS/c1-16(2)10-25(35)30-20-11-19(13-29-14-20)17-6-7-23-22(12-17)27(34-33-23)28-31-24-5-3-4-21(26(24)32-28)18-8-9-36-15-18/h3-9,11-16H,10H2,1-2H3,(H,30,35)(H,31,32)(H,33,34). The van der Waals surface area contributed by atoms with Gasteiger partial charge in [-0.1, -0.05) is 32.0 Å². The third-order valence-electron chi connectivity index (χ3n) is 6.08. The smallest absolute Gasteiger partial charge is 0.224 e. The summed E-state index contributed by atoms with van der Waals surface area (Å²) < 4.78 is 0. The number of aromatic nitrogens is 5. The van der Waals surface area contributed by atoms with Crippen LogP contribution in [0.25, 0.3) is 55.7 Å². The topological polar surface area (TPSA) is 99.3 Å². The van der Waals surface area contributed by atoms with Crippen LogP contribution in [0.2, 0.25) is 0 Å². The van der Waals surface area contributed by atoms with Crippen molar-refractivity contribution < 1.29 is 4.79 Å². The van der Waals surface area contributed by atoms with Crippen LogP contribution in [0.5, 0.6) is 0 Å². The van der Waals surface area contributed by atoms with Crippen LogP contribution < -0.4 is 5.32 Å². The maximum atomic E-state index is 12.2. The van der Waals surface area contributed by atoms with E-state index in [1.165, 1.54) is 0 Å². The highest BCUT2D eigenvalue weighted by atomic mass is 32.1. The number of hydrogen-bond acceptors (Lipinski definition) is 5. The molecule has 6 rings (SSSR count). The first-order valence-electron chi connectivity index (χ1n) is 11.8. The molecule has 3 N–H and O–H groups in total. The van der Waals surface area contributed by atoms with Gasteiger partial charge in [0, 0.05) is 29.1 Å². The van der Waals surface area contributed by atoms with Crippen LogP contribution >= 0.6 is 11.3 Å². The van der Waals surface area contributed by atoms with Crippen LogP contribution in [0, 0.1) is 5.92 Å². The molecule has 6 aromatic rings. The fourth-order valence-corrected chi connectivity index (χ4v) is 5.07. The van der Waals surface area contributed by atoms with E-state index in [0.717, 1.165) is 49.9 Å². The van der Waals surface area contributed by atoms with E-state index in [9.17, 15) is 4.79 Å². The SMILES string of the molecule is CC(C)CC(=O)Nc1cncc(-c2ccc3[nH]nc(-c4nc5c(-c6ccsc6)cccc5[nH]4)c3c2)c1. The highest BCUT2D eigenvalue weighted by Crippen LogP contribution is 2.34. The van der Waals surface area contributed by atoms with Gasteiger partial charge < -0.3 is 10.3 Å². The molecule has 0 saturated heterocycles. The van der Waals surface area contributed by atoms with Gasteiger partial charge in [0.05, 0.1) is 28.4 Å². The summed E-state index contributed by atoms with van der Waals surface area (Å²) in [5, 5.41) is 15.8. The van der Waals surface area contributed by atoms with Crippen LogP contribution in [0.3, 0.4) is 0 Å². The molecule has 0 radical (unpaired) electrons. The number of rotatable bonds is 6. The number of aromatic amines is 2. The summed E-state index contributed by atoms with van der Waals surface area (Å²) in [7, 11) is 0. The van der Waals surface area contributed by atoms with E-state index in [1.54, 1.807) is 23.7 Å². The molecule has 1 amide bonds. The van der Waals surface area contributed by atoms with E-state index in [1.807, 2.05) is 44.2 Å². The molecule has 7 nitrogen and oxygen atoms in total. The minimum atomic E-state index is -0.0109. The summed E-state index contributed by atoms with van der Waals surface area (Å²) in [5.74, 6) is 0.995. The van der Waals surface area contributed by atoms with E-state index in [4.69, 9.17) is 4.98 Å². The molecular weight excluding hydrogens is 468 g/mol. The van der Waals surface area contributed by atoms with Gasteiger partial charge in [0.2, 0.25) is 5.91 Å². The quantitative estimate of drug-likeness (QED) is 0.236. The van der Waals surface area contributed by atoms with E-state index >= 15 is 0 Å². The van der Waals surface area contributed by atoms with E-state index < -0.39 is 0 Å². The van der Waals surface area contributed by atoms with Crippen LogP contribution in [0.4, 0.5) is 5.69 Å². The molecule has 0 atom stereocenters. The normalized spacial score (nSPS) is 11.5. The Bertz CT molecular complexity index is 1700. The fraction of sp³-hybridized carbons (Fsp3) is 0.143. The number of anilines is 1. The van der Waals surface area contributed by atoms with Crippen molar-refractivity contribution in [2.24, 2.45) is 5.92 Å². The molecule has 0 aliphatic rings. The monoisotopic (exact) mass is 492 g/mol. The molecule has 2 aromatic carbocycles. The Morgan fingerprint density at radius 1 is 1.03 bits per heavy atom. The molecule has 0 bridgehead atoms. The van der Waals surface area contributed by atoms with Crippen molar-refractivity contribution in [1.29, 1.82) is 0 Å². The first kappa shape index (κ1) is 22.2. The largest absolute Gasteiger partial charge is 0.337 e. The molecule has 0 spiro atoms. The summed E-state index contributed by atoms with van der Waals surface area (Å²) in [6.07, 6.45) is 3.94. The first-order chi connectivity index (χ1) is 17.5. The van der Waals surface area contributed by atoms with Crippen molar-refractivity contribution >= 4 is 44.9 Å². The lowest BCUT2D eigenvalue weighted by atomic mass is 10.0. The number of thiophene rings is 1. The molecule has 0 aliphatic heterocycles. The van der Waals surface area contributed by atoms with Crippen molar-refractivity contribution in [3.8, 4) is 33.8 Å². The van der Waals surface area contributed by atoms with Gasteiger partial charge in [0.15, 0.2) is 5.82 Å². The van der Waals surface area contributed by atoms with Gasteiger partial charge in [-0.25, -0.2) is 4.98 Å². The minimum absolute atomic E-state index is 0.0109. The highest BCUT2D eigenvalue weighted by Gasteiger charge is 2.16. The van der Waals surface area contributed by atoms with Gasteiger partial charge in [-0.15, -0.1) is 0 Å². The zero-order chi connectivity index (χ0) is 24.6. The Balaban J connectivity index is 1.38. The van der Waals surface area contributed by atoms with Crippen LogP contribution in [-0.4, -0.2) is 31.1 Å². The summed E-state index contributed by atoms with van der Waals surface area (Å²) in [4.78, 5) is 25.0. The number of para-hydroxylation sites is 1. The number of imidazole rings is 1. The number of fused-ring (bicyclic) bond motifs is 2. The average molecular weight is 493 g/mol. The van der Waals surface area contributed by atoms with Gasteiger partial charge in [0.1, 0.15) is 5.69 Å². The van der Waals surface area contributed by atoms with Crippen molar-refractivity contribution in [3.05, 3.63) is 71.7 Å². The number of benzene rings is 2. The Hall–Kier alpha value is -4.30. The van der Waals surface area contributed by atoms with Crippen molar-refractivity contribution in [1.82, 2.24) is 25.1 Å². The zero-order valence-electron chi connectivity index (χ0n) is 19.9. The first-order valence-corrected chi connectivity index (χ1v) is 12.7. The summed E-state index contributed by atoms with van der Waals surface area (Å²) >= 11 is 1.67. The van der Waals surface area contributed by atoms with Crippen LogP contribution in [-0.2, 0) is 4.79 Å². The summed E-state index contributed by atoms with van der Waals surface area (Å²) in [6.45, 7) is 4.05. The number of hydrogen-bond donors (Lipinski definition) is 3. The van der Waals surface area contributed by atoms with E-state index in [-0.39, 0.29) is 5.91 Å². The molecule has 4 heterocycles. The summed E-state index contributed by atoms with van der Waals surface area (Å²) in [6, 6.07) is 16.3. The van der Waals surface area contributed by atoms with Crippen molar-refractivity contribution in [3.63, 3.8) is 0 Å². The van der Waals surface area contributed by atoms with Crippen LogP contribution in [0.15, 0.2) is 71.7 Å². The molecule has 36 heavy (non-hydrogen) atoms. The number of H-pyrrole nitrogens is 2. The maximum Gasteiger partial charge on any atom is 0.224 e. The molecule has 0 unspecified atom stereocenters. The van der Waals surface area contributed by atoms with Crippen molar-refractivity contribution in [2.45, 2.75) is 20.3 Å². The lowest BCUT2D eigenvalue weighted by Crippen LogP contribution is -2.13. The van der Waals surface area contributed by atoms with Crippen molar-refractivity contribution in [2.75, 3.05) is 5.32 Å². The van der Waals surface area contributed by atoms with Gasteiger partial charge in [-0.3, -0.25) is 14.9 Å². The van der Waals surface area contributed by atoms with Crippen LogP contribution in [0.1, 0.15) is 20.3 Å². The number of nitrogens with one attached hydrogen (secondary N) is 3. The molecule has 0 fully saturated rings. The van der Waals surface area contributed by atoms with E-state index in [2.05, 4.69) is 54.4 Å². The zero-order valence-corrected chi connectivity index (χ0v) is 20.7. The summed E-state index contributed by atoms with van der Waals surface area (Å²) in [5.41, 5.74) is 8.40. The molecular formula is C28H24N6OS. The molecule has 0 aliphatic carbocycles. The third kappa shape index (κ3) is 4.16. The second kappa shape index (κ2) is 9.05. The second-order valence-corrected chi connectivity index (χ2v) is 10.0. The van der Waals surface area contributed by atoms with Gasteiger partial charge in [-0.2, -0.15) is 16.4 Å². The fourth-order valence-electron chi connectivity index (χ4n) is 4.42. The Morgan fingerprint density at radius 3 is 2.78 bits per heavy atom. The molecule has 0 saturated carbocycles. The second-order valence-electron chi connectivity index (χ2n) is 9.24. The number of carbonyl (C=O) groups is 1. The Kier molecular flexibility index (Phi) is 5.58. The molecule has 8 heteroatoms. The molecule has 178 valence electrons. The number of amides is 1. The predicted octanol–water partition coefficient (Wildman–Crippen LogP) is 6.88. The Labute approximate surface area is 211 Å². The Morgan fingerprint density at radius 2 is 1.94 bits per heavy atom. The predicted molar refractivity (Wildman–Crippen MR) is 146 cm³/mol.